The Morgan fingerprint density at radius 3 is 2.58 bits per heavy atom. The average molecular weight is 170 g/mol. The Labute approximate surface area is 76.5 Å². The lowest BCUT2D eigenvalue weighted by Gasteiger charge is -2.28. The van der Waals surface area contributed by atoms with Gasteiger partial charge in [-0.2, -0.15) is 0 Å². The molecule has 0 radical (unpaired) electrons. The van der Waals surface area contributed by atoms with E-state index in [2.05, 4.69) is 37.7 Å². The van der Waals surface area contributed by atoms with Crippen molar-refractivity contribution in [3.63, 3.8) is 0 Å². The second-order valence-corrected chi connectivity index (χ2v) is 4.31. The highest BCUT2D eigenvalue weighted by molar-refractivity contribution is 4.79. The Bertz CT molecular complexity index is 134. The molecule has 1 aliphatic heterocycles. The van der Waals surface area contributed by atoms with Crippen LogP contribution in [0.3, 0.4) is 0 Å². The molecule has 0 N–H and O–H groups in total. The number of likely N-dealkylation sites (N-methyl/N-ethyl adjacent to an activating group) is 2. The Morgan fingerprint density at radius 2 is 2.17 bits per heavy atom. The van der Waals surface area contributed by atoms with Crippen LogP contribution in [0.25, 0.3) is 0 Å². The molecule has 0 aliphatic carbocycles. The topological polar surface area (TPSA) is 6.48 Å². The van der Waals surface area contributed by atoms with Crippen molar-refractivity contribution in [3.05, 3.63) is 0 Å². The van der Waals surface area contributed by atoms with Gasteiger partial charge >= 0.3 is 0 Å². The van der Waals surface area contributed by atoms with Crippen LogP contribution >= 0.6 is 0 Å². The van der Waals surface area contributed by atoms with Crippen LogP contribution in [0.5, 0.6) is 0 Å². The van der Waals surface area contributed by atoms with Crippen molar-refractivity contribution in [1.82, 2.24) is 9.80 Å². The summed E-state index contributed by atoms with van der Waals surface area (Å²) >= 11 is 0. The molecule has 1 aliphatic rings. The van der Waals surface area contributed by atoms with Gasteiger partial charge in [0, 0.05) is 18.6 Å². The monoisotopic (exact) mass is 170 g/mol. The molecular weight excluding hydrogens is 148 g/mol. The number of likely N-dealkylation sites (tertiary alicyclic amines) is 1. The van der Waals surface area contributed by atoms with Crippen molar-refractivity contribution >= 4 is 0 Å². The zero-order chi connectivity index (χ0) is 9.14. The third-order valence-corrected chi connectivity index (χ3v) is 3.05. The summed E-state index contributed by atoms with van der Waals surface area (Å²) in [6.07, 6.45) is 2.76. The Morgan fingerprint density at radius 1 is 1.50 bits per heavy atom. The van der Waals surface area contributed by atoms with Crippen LogP contribution in [0.1, 0.15) is 26.7 Å². The van der Waals surface area contributed by atoms with E-state index in [1.807, 2.05) is 0 Å². The van der Waals surface area contributed by atoms with Crippen molar-refractivity contribution in [3.8, 4) is 0 Å². The van der Waals surface area contributed by atoms with E-state index in [4.69, 9.17) is 0 Å². The van der Waals surface area contributed by atoms with E-state index in [1.54, 1.807) is 0 Å². The summed E-state index contributed by atoms with van der Waals surface area (Å²) in [5.74, 6) is 0. The van der Waals surface area contributed by atoms with E-state index in [0.717, 1.165) is 6.04 Å². The average Bonchev–Trinajstić information content (AvgIpc) is 2.36. The summed E-state index contributed by atoms with van der Waals surface area (Å²) in [5, 5.41) is 0. The van der Waals surface area contributed by atoms with Crippen LogP contribution in [0.4, 0.5) is 0 Å². The van der Waals surface area contributed by atoms with Gasteiger partial charge in [0.05, 0.1) is 0 Å². The summed E-state index contributed by atoms with van der Waals surface area (Å²) in [4.78, 5) is 4.92. The summed E-state index contributed by atoms with van der Waals surface area (Å²) in [6, 6.07) is 1.48. The number of nitrogens with zero attached hydrogens (tertiary/aromatic N) is 2. The Hall–Kier alpha value is -0.0800. The summed E-state index contributed by atoms with van der Waals surface area (Å²) < 4.78 is 0. The minimum absolute atomic E-state index is 0.680. The highest BCUT2D eigenvalue weighted by Gasteiger charge is 2.22. The third kappa shape index (κ3) is 2.46. The molecule has 1 fully saturated rings. The minimum atomic E-state index is 0.680. The lowest BCUT2D eigenvalue weighted by atomic mass is 10.2. The van der Waals surface area contributed by atoms with Gasteiger partial charge in [0.1, 0.15) is 0 Å². The zero-order valence-electron chi connectivity index (χ0n) is 8.88. The standard InChI is InChI=1S/C10H22N2/c1-9(2)12(4)8-10-6-5-7-11(10)3/h9-10H,5-8H2,1-4H3/t10-/m0/s1. The number of hydrogen-bond acceptors (Lipinski definition) is 2. The predicted molar refractivity (Wildman–Crippen MR) is 53.4 cm³/mol. The van der Waals surface area contributed by atoms with Crippen molar-refractivity contribution in [2.24, 2.45) is 0 Å². The van der Waals surface area contributed by atoms with Crippen LogP contribution in [0.2, 0.25) is 0 Å². The maximum Gasteiger partial charge on any atom is 0.0220 e. The molecule has 1 saturated heterocycles. The van der Waals surface area contributed by atoms with Crippen molar-refractivity contribution in [1.29, 1.82) is 0 Å². The highest BCUT2D eigenvalue weighted by atomic mass is 15.2. The van der Waals surface area contributed by atoms with Crippen LogP contribution in [-0.4, -0.2) is 49.1 Å². The molecule has 72 valence electrons. The van der Waals surface area contributed by atoms with Crippen molar-refractivity contribution in [2.75, 3.05) is 27.2 Å². The summed E-state index contributed by atoms with van der Waals surface area (Å²) in [6.45, 7) is 7.04. The maximum absolute atomic E-state index is 2.48. The van der Waals surface area contributed by atoms with E-state index in [-0.39, 0.29) is 0 Å². The SMILES string of the molecule is CC(C)N(C)C[C@@H]1CCCN1C. The van der Waals surface area contributed by atoms with Crippen LogP contribution < -0.4 is 0 Å². The van der Waals surface area contributed by atoms with Gasteiger partial charge in [-0.3, -0.25) is 0 Å². The molecule has 1 rings (SSSR count). The molecule has 0 bridgehead atoms. The second kappa shape index (κ2) is 4.24. The Balaban J connectivity index is 2.30. The first-order valence-corrected chi connectivity index (χ1v) is 5.01. The van der Waals surface area contributed by atoms with Crippen molar-refractivity contribution in [2.45, 2.75) is 38.8 Å². The molecule has 2 heteroatoms. The van der Waals surface area contributed by atoms with E-state index in [9.17, 15) is 0 Å². The van der Waals surface area contributed by atoms with Gasteiger partial charge in [-0.05, 0) is 47.3 Å². The van der Waals surface area contributed by atoms with Crippen LogP contribution in [-0.2, 0) is 0 Å². The first-order valence-electron chi connectivity index (χ1n) is 5.01. The first-order chi connectivity index (χ1) is 5.61. The highest BCUT2D eigenvalue weighted by Crippen LogP contribution is 2.15. The van der Waals surface area contributed by atoms with E-state index >= 15 is 0 Å². The molecule has 0 amide bonds. The molecule has 0 saturated carbocycles. The molecule has 2 nitrogen and oxygen atoms in total. The lowest BCUT2D eigenvalue weighted by molar-refractivity contribution is 0.192. The minimum Gasteiger partial charge on any atom is -0.302 e. The number of rotatable bonds is 3. The maximum atomic E-state index is 2.48. The van der Waals surface area contributed by atoms with Crippen molar-refractivity contribution < 1.29 is 0 Å². The summed E-state index contributed by atoms with van der Waals surface area (Å²) in [7, 11) is 4.46. The molecule has 1 heterocycles. The fourth-order valence-electron chi connectivity index (χ4n) is 1.75. The smallest absolute Gasteiger partial charge is 0.0220 e. The molecule has 0 aromatic carbocycles. The molecule has 1 atom stereocenters. The molecular formula is C10H22N2. The zero-order valence-corrected chi connectivity index (χ0v) is 8.88. The van der Waals surface area contributed by atoms with Gasteiger partial charge in [-0.15, -0.1) is 0 Å². The normalized spacial score (nSPS) is 26.0. The van der Waals surface area contributed by atoms with E-state index in [1.165, 1.54) is 25.9 Å². The molecule has 0 aromatic heterocycles. The fourth-order valence-corrected chi connectivity index (χ4v) is 1.75. The van der Waals surface area contributed by atoms with Gasteiger partial charge in [0.25, 0.3) is 0 Å². The second-order valence-electron chi connectivity index (χ2n) is 4.31. The first kappa shape index (κ1) is 10.0. The summed E-state index contributed by atoms with van der Waals surface area (Å²) in [5.41, 5.74) is 0. The lowest BCUT2D eigenvalue weighted by Crippen LogP contribution is -2.39. The van der Waals surface area contributed by atoms with E-state index < -0.39 is 0 Å². The van der Waals surface area contributed by atoms with E-state index in [0.29, 0.717) is 6.04 Å². The third-order valence-electron chi connectivity index (χ3n) is 3.05. The Kier molecular flexibility index (Phi) is 3.53. The fraction of sp³-hybridized carbons (Fsp3) is 1.00. The molecule has 12 heavy (non-hydrogen) atoms. The number of hydrogen-bond donors (Lipinski definition) is 0. The predicted octanol–water partition coefficient (Wildman–Crippen LogP) is 1.42. The van der Waals surface area contributed by atoms with Crippen LogP contribution in [0, 0.1) is 0 Å². The molecule has 0 aromatic rings. The van der Waals surface area contributed by atoms with Gasteiger partial charge in [0.2, 0.25) is 0 Å². The molecule has 0 unspecified atom stereocenters. The van der Waals surface area contributed by atoms with Gasteiger partial charge in [0.15, 0.2) is 0 Å². The van der Waals surface area contributed by atoms with Gasteiger partial charge < -0.3 is 9.80 Å². The quantitative estimate of drug-likeness (QED) is 0.632. The van der Waals surface area contributed by atoms with Gasteiger partial charge in [-0.25, -0.2) is 0 Å². The largest absolute Gasteiger partial charge is 0.302 e. The van der Waals surface area contributed by atoms with Crippen LogP contribution in [0.15, 0.2) is 0 Å². The van der Waals surface area contributed by atoms with Gasteiger partial charge in [-0.1, -0.05) is 0 Å². The molecule has 0 spiro atoms.